The molecule has 1 radical (unpaired) electrons. The fraction of sp³-hybridized carbons (Fsp3) is 0.857. The van der Waals surface area contributed by atoms with Crippen LogP contribution in [0.4, 0.5) is 13.2 Å². The standard InChI is InChI=1S/C14H21F3O.Y/c1-9-2-4-10(5-3-9)12-7-6-11(8-13(12)18)14(15,16)17;/h4,9,11-13,18H,2-3,5-8H2,1H3;. The topological polar surface area (TPSA) is 20.2 Å². The summed E-state index contributed by atoms with van der Waals surface area (Å²) in [7, 11) is 0. The van der Waals surface area contributed by atoms with Gasteiger partial charge in [-0.2, -0.15) is 13.2 Å². The number of aliphatic hydroxyl groups is 1. The van der Waals surface area contributed by atoms with Crippen LogP contribution in [0.1, 0.15) is 45.4 Å². The molecule has 4 unspecified atom stereocenters. The van der Waals surface area contributed by atoms with Crippen molar-refractivity contribution in [3.63, 3.8) is 0 Å². The van der Waals surface area contributed by atoms with E-state index in [1.54, 1.807) is 0 Å². The van der Waals surface area contributed by atoms with Gasteiger partial charge in [0.15, 0.2) is 0 Å². The van der Waals surface area contributed by atoms with Crippen molar-refractivity contribution in [2.24, 2.45) is 17.8 Å². The number of hydrogen-bond donors (Lipinski definition) is 1. The minimum atomic E-state index is -4.15. The molecule has 1 saturated carbocycles. The SMILES string of the molecule is CC1CC=C(C2CCC(C(F)(F)F)CC2O)CC1.[Y]. The number of halogens is 3. The molecule has 0 saturated heterocycles. The fourth-order valence-corrected chi connectivity index (χ4v) is 3.20. The van der Waals surface area contributed by atoms with Gasteiger partial charge in [-0.25, -0.2) is 0 Å². The summed E-state index contributed by atoms with van der Waals surface area (Å²) in [5.74, 6) is -0.680. The Balaban J connectivity index is 0.00000180. The van der Waals surface area contributed by atoms with Crippen LogP contribution in [0, 0.1) is 17.8 Å². The molecule has 2 aliphatic carbocycles. The third-order valence-electron chi connectivity index (χ3n) is 4.46. The molecule has 0 heterocycles. The van der Waals surface area contributed by atoms with Gasteiger partial charge in [0.05, 0.1) is 12.0 Å². The number of allylic oxidation sites excluding steroid dienone is 1. The zero-order valence-corrected chi connectivity index (χ0v) is 14.1. The number of hydrogen-bond acceptors (Lipinski definition) is 1. The molecule has 2 rings (SSSR count). The number of aliphatic hydroxyl groups excluding tert-OH is 1. The van der Waals surface area contributed by atoms with Gasteiger partial charge in [0.1, 0.15) is 0 Å². The summed E-state index contributed by atoms with van der Waals surface area (Å²) in [6.07, 6.45) is 0.741. The van der Waals surface area contributed by atoms with Gasteiger partial charge in [-0.05, 0) is 44.4 Å². The normalized spacial score (nSPS) is 36.4. The van der Waals surface area contributed by atoms with Crippen molar-refractivity contribution in [1.82, 2.24) is 0 Å². The Labute approximate surface area is 137 Å². The second-order valence-electron chi connectivity index (χ2n) is 5.88. The van der Waals surface area contributed by atoms with Gasteiger partial charge >= 0.3 is 6.18 Å². The van der Waals surface area contributed by atoms with Crippen LogP contribution in [0.2, 0.25) is 0 Å². The molecule has 19 heavy (non-hydrogen) atoms. The van der Waals surface area contributed by atoms with E-state index in [1.165, 1.54) is 5.57 Å². The molecule has 0 aromatic heterocycles. The fourth-order valence-electron chi connectivity index (χ4n) is 3.20. The van der Waals surface area contributed by atoms with Gasteiger partial charge < -0.3 is 5.11 Å². The van der Waals surface area contributed by atoms with Crippen molar-refractivity contribution in [3.05, 3.63) is 11.6 Å². The maximum atomic E-state index is 12.6. The zero-order chi connectivity index (χ0) is 13.3. The summed E-state index contributed by atoms with van der Waals surface area (Å²) in [5, 5.41) is 9.98. The van der Waals surface area contributed by atoms with Crippen LogP contribution in [0.5, 0.6) is 0 Å². The van der Waals surface area contributed by atoms with Crippen LogP contribution >= 0.6 is 0 Å². The Morgan fingerprint density at radius 2 is 1.89 bits per heavy atom. The van der Waals surface area contributed by atoms with Gasteiger partial charge in [0.25, 0.3) is 0 Å². The average molecular weight is 351 g/mol. The summed E-state index contributed by atoms with van der Waals surface area (Å²) < 4.78 is 37.8. The van der Waals surface area contributed by atoms with Crippen molar-refractivity contribution in [2.75, 3.05) is 0 Å². The van der Waals surface area contributed by atoms with E-state index < -0.39 is 18.2 Å². The summed E-state index contributed by atoms with van der Waals surface area (Å²) in [5.41, 5.74) is 1.20. The average Bonchev–Trinajstić information content (AvgIpc) is 2.29. The predicted octanol–water partition coefficient (Wildman–Crippen LogP) is 4.07. The summed E-state index contributed by atoms with van der Waals surface area (Å²) in [6.45, 7) is 2.18. The number of alkyl halides is 3. The van der Waals surface area contributed by atoms with Gasteiger partial charge in [-0.3, -0.25) is 0 Å². The molecule has 1 fully saturated rings. The third kappa shape index (κ3) is 4.54. The van der Waals surface area contributed by atoms with Gasteiger partial charge in [-0.1, -0.05) is 18.6 Å². The van der Waals surface area contributed by atoms with E-state index in [0.717, 1.165) is 19.3 Å². The van der Waals surface area contributed by atoms with Gasteiger partial charge in [0, 0.05) is 38.6 Å². The summed E-state index contributed by atoms with van der Waals surface area (Å²) in [6, 6.07) is 0. The Morgan fingerprint density at radius 1 is 1.21 bits per heavy atom. The molecular formula is C14H21F3OY. The Bertz CT molecular complexity index is 327. The van der Waals surface area contributed by atoms with Crippen molar-refractivity contribution in [3.8, 4) is 0 Å². The first-order valence-corrected chi connectivity index (χ1v) is 6.81. The predicted molar refractivity (Wildman–Crippen MR) is 64.0 cm³/mol. The van der Waals surface area contributed by atoms with Crippen LogP contribution in [-0.4, -0.2) is 17.4 Å². The molecular weight excluding hydrogens is 330 g/mol. The molecule has 0 aliphatic heterocycles. The smallest absolute Gasteiger partial charge is 0.391 e. The maximum Gasteiger partial charge on any atom is 0.391 e. The summed E-state index contributed by atoms with van der Waals surface area (Å²) in [4.78, 5) is 0. The largest absolute Gasteiger partial charge is 0.392 e. The van der Waals surface area contributed by atoms with Crippen molar-refractivity contribution in [2.45, 2.75) is 57.7 Å². The van der Waals surface area contributed by atoms with Crippen LogP contribution < -0.4 is 0 Å². The molecule has 0 spiro atoms. The van der Waals surface area contributed by atoms with E-state index in [4.69, 9.17) is 0 Å². The quantitative estimate of drug-likeness (QED) is 0.706. The number of rotatable bonds is 1. The molecule has 1 nitrogen and oxygen atoms in total. The molecule has 107 valence electrons. The van der Waals surface area contributed by atoms with E-state index >= 15 is 0 Å². The van der Waals surface area contributed by atoms with Crippen molar-refractivity contribution in [1.29, 1.82) is 0 Å². The first kappa shape index (κ1) is 17.6. The first-order chi connectivity index (χ1) is 8.38. The van der Waals surface area contributed by atoms with Crippen molar-refractivity contribution >= 4 is 0 Å². The van der Waals surface area contributed by atoms with Gasteiger partial charge in [-0.15, -0.1) is 0 Å². The second-order valence-corrected chi connectivity index (χ2v) is 5.88. The minimum absolute atomic E-state index is 0. The van der Waals surface area contributed by atoms with E-state index in [9.17, 15) is 18.3 Å². The van der Waals surface area contributed by atoms with E-state index in [-0.39, 0.29) is 51.5 Å². The van der Waals surface area contributed by atoms with E-state index in [2.05, 4.69) is 13.0 Å². The monoisotopic (exact) mass is 351 g/mol. The molecule has 0 bridgehead atoms. The molecule has 5 heteroatoms. The molecule has 0 amide bonds. The molecule has 0 aromatic carbocycles. The molecule has 2 aliphatic rings. The van der Waals surface area contributed by atoms with Crippen LogP contribution in [-0.2, 0) is 32.7 Å². The Kier molecular flexibility index (Phi) is 6.54. The van der Waals surface area contributed by atoms with Crippen LogP contribution in [0.15, 0.2) is 11.6 Å². The second kappa shape index (κ2) is 7.04. The summed E-state index contributed by atoms with van der Waals surface area (Å²) >= 11 is 0. The molecule has 0 aromatic rings. The maximum absolute atomic E-state index is 12.6. The van der Waals surface area contributed by atoms with Gasteiger partial charge in [0.2, 0.25) is 0 Å². The first-order valence-electron chi connectivity index (χ1n) is 6.81. The Morgan fingerprint density at radius 3 is 2.37 bits per heavy atom. The Hall–Kier alpha value is 0.594. The molecule has 4 atom stereocenters. The molecule has 1 N–H and O–H groups in total. The van der Waals surface area contributed by atoms with E-state index in [1.807, 2.05) is 0 Å². The van der Waals surface area contributed by atoms with Crippen LogP contribution in [0.25, 0.3) is 0 Å². The minimum Gasteiger partial charge on any atom is -0.392 e. The third-order valence-corrected chi connectivity index (χ3v) is 4.46. The van der Waals surface area contributed by atoms with Crippen LogP contribution in [0.3, 0.4) is 0 Å². The van der Waals surface area contributed by atoms with E-state index in [0.29, 0.717) is 12.3 Å². The zero-order valence-electron chi connectivity index (χ0n) is 11.3. The van der Waals surface area contributed by atoms with Crippen molar-refractivity contribution < 1.29 is 51.0 Å².